The first kappa shape index (κ1) is 16.4. The molecule has 0 rings (SSSR count). The van der Waals surface area contributed by atoms with Crippen molar-refractivity contribution in [3.05, 3.63) is 0 Å². The molecule has 0 saturated carbocycles. The Morgan fingerprint density at radius 2 is 1.76 bits per heavy atom. The fourth-order valence-corrected chi connectivity index (χ4v) is 1.92. The van der Waals surface area contributed by atoms with Gasteiger partial charge in [0.05, 0.1) is 5.75 Å². The summed E-state index contributed by atoms with van der Waals surface area (Å²) in [5.41, 5.74) is -0.220. The summed E-state index contributed by atoms with van der Waals surface area (Å²) in [4.78, 5) is 11.4. The monoisotopic (exact) mass is 264 g/mol. The van der Waals surface area contributed by atoms with Crippen LogP contribution in [0.15, 0.2) is 0 Å². The zero-order chi connectivity index (χ0) is 13.5. The molecule has 0 aliphatic heterocycles. The Morgan fingerprint density at radius 1 is 1.18 bits per heavy atom. The van der Waals surface area contributed by atoms with Gasteiger partial charge in [-0.1, -0.05) is 6.92 Å². The van der Waals surface area contributed by atoms with Gasteiger partial charge >= 0.3 is 0 Å². The van der Waals surface area contributed by atoms with Gasteiger partial charge < -0.3 is 10.6 Å². The molecule has 5 nitrogen and oxygen atoms in total. The van der Waals surface area contributed by atoms with Crippen LogP contribution in [0.1, 0.15) is 34.1 Å². The van der Waals surface area contributed by atoms with Gasteiger partial charge in [-0.2, -0.15) is 0 Å². The number of sulfone groups is 1. The standard InChI is InChI=1S/C11H24N2O3S/c1-5-17(15,16)9-8-12-7-6-10(14)13-11(2,3)4/h12H,5-9H2,1-4H3,(H,13,14). The Kier molecular flexibility index (Phi) is 6.70. The van der Waals surface area contributed by atoms with Gasteiger partial charge in [0.1, 0.15) is 0 Å². The molecule has 0 atom stereocenters. The third kappa shape index (κ3) is 10.3. The molecule has 0 heterocycles. The largest absolute Gasteiger partial charge is 0.351 e. The molecule has 0 fully saturated rings. The van der Waals surface area contributed by atoms with Crippen LogP contribution in [0, 0.1) is 0 Å². The summed E-state index contributed by atoms with van der Waals surface area (Å²) < 4.78 is 22.3. The molecule has 0 unspecified atom stereocenters. The number of carbonyl (C=O) groups excluding carboxylic acids is 1. The molecule has 0 aliphatic rings. The van der Waals surface area contributed by atoms with E-state index in [1.165, 1.54) is 0 Å². The second-order valence-electron chi connectivity index (χ2n) is 5.03. The molecular weight excluding hydrogens is 240 g/mol. The molecule has 0 radical (unpaired) electrons. The van der Waals surface area contributed by atoms with Gasteiger partial charge in [0, 0.05) is 30.8 Å². The first-order chi connectivity index (χ1) is 7.66. The van der Waals surface area contributed by atoms with Crippen molar-refractivity contribution in [2.45, 2.75) is 39.7 Å². The number of carbonyl (C=O) groups is 1. The lowest BCUT2D eigenvalue weighted by molar-refractivity contribution is -0.122. The van der Waals surface area contributed by atoms with Crippen LogP contribution >= 0.6 is 0 Å². The third-order valence-electron chi connectivity index (χ3n) is 2.07. The Morgan fingerprint density at radius 3 is 2.24 bits per heavy atom. The summed E-state index contributed by atoms with van der Waals surface area (Å²) in [6.07, 6.45) is 0.365. The second kappa shape index (κ2) is 6.96. The maximum atomic E-state index is 11.4. The lowest BCUT2D eigenvalue weighted by Crippen LogP contribution is -2.41. The van der Waals surface area contributed by atoms with Gasteiger partial charge in [0.15, 0.2) is 9.84 Å². The van der Waals surface area contributed by atoms with Crippen LogP contribution in [0.2, 0.25) is 0 Å². The van der Waals surface area contributed by atoms with Gasteiger partial charge in [0.25, 0.3) is 0 Å². The van der Waals surface area contributed by atoms with E-state index >= 15 is 0 Å². The molecule has 17 heavy (non-hydrogen) atoms. The molecule has 0 spiro atoms. The predicted molar refractivity (Wildman–Crippen MR) is 69.7 cm³/mol. The molecule has 102 valence electrons. The van der Waals surface area contributed by atoms with E-state index in [-0.39, 0.29) is 23.0 Å². The average molecular weight is 264 g/mol. The minimum Gasteiger partial charge on any atom is -0.351 e. The lowest BCUT2D eigenvalue weighted by Gasteiger charge is -2.20. The van der Waals surface area contributed by atoms with Crippen LogP contribution in [-0.2, 0) is 14.6 Å². The fourth-order valence-electron chi connectivity index (χ4n) is 1.18. The van der Waals surface area contributed by atoms with Gasteiger partial charge in [-0.15, -0.1) is 0 Å². The van der Waals surface area contributed by atoms with Crippen molar-refractivity contribution in [1.29, 1.82) is 0 Å². The SMILES string of the molecule is CCS(=O)(=O)CCNCCC(=O)NC(C)(C)C. The molecule has 2 N–H and O–H groups in total. The molecule has 0 bridgehead atoms. The Bertz CT molecular complexity index is 331. The number of hydrogen-bond donors (Lipinski definition) is 2. The number of nitrogens with one attached hydrogen (secondary N) is 2. The van der Waals surface area contributed by atoms with Crippen LogP contribution < -0.4 is 10.6 Å². The molecule has 0 saturated heterocycles. The lowest BCUT2D eigenvalue weighted by atomic mass is 10.1. The zero-order valence-electron chi connectivity index (χ0n) is 11.2. The van der Waals surface area contributed by atoms with Crippen molar-refractivity contribution in [1.82, 2.24) is 10.6 Å². The van der Waals surface area contributed by atoms with E-state index in [4.69, 9.17) is 0 Å². The van der Waals surface area contributed by atoms with E-state index in [1.807, 2.05) is 20.8 Å². The Labute approximate surface area is 104 Å². The highest BCUT2D eigenvalue weighted by Crippen LogP contribution is 1.98. The molecule has 0 aromatic heterocycles. The normalized spacial score (nSPS) is 12.5. The van der Waals surface area contributed by atoms with E-state index in [2.05, 4.69) is 10.6 Å². The summed E-state index contributed by atoms with van der Waals surface area (Å²) >= 11 is 0. The smallest absolute Gasteiger partial charge is 0.221 e. The van der Waals surface area contributed by atoms with E-state index in [0.717, 1.165) is 0 Å². The molecule has 6 heteroatoms. The summed E-state index contributed by atoms with van der Waals surface area (Å²) in [6.45, 7) is 8.30. The molecule has 1 amide bonds. The van der Waals surface area contributed by atoms with Crippen molar-refractivity contribution in [3.8, 4) is 0 Å². The van der Waals surface area contributed by atoms with Crippen molar-refractivity contribution >= 4 is 15.7 Å². The minimum atomic E-state index is -2.91. The van der Waals surface area contributed by atoms with Crippen molar-refractivity contribution in [3.63, 3.8) is 0 Å². The van der Waals surface area contributed by atoms with Gasteiger partial charge in [0.2, 0.25) is 5.91 Å². The summed E-state index contributed by atoms with van der Waals surface area (Å²) in [6, 6.07) is 0. The average Bonchev–Trinajstić information content (AvgIpc) is 2.14. The van der Waals surface area contributed by atoms with Crippen LogP contribution in [0.25, 0.3) is 0 Å². The van der Waals surface area contributed by atoms with E-state index in [0.29, 0.717) is 19.5 Å². The second-order valence-corrected chi connectivity index (χ2v) is 7.51. The zero-order valence-corrected chi connectivity index (χ0v) is 12.0. The number of rotatable bonds is 7. The maximum absolute atomic E-state index is 11.4. The highest BCUT2D eigenvalue weighted by molar-refractivity contribution is 7.91. The van der Waals surface area contributed by atoms with Crippen molar-refractivity contribution in [2.75, 3.05) is 24.6 Å². The number of hydrogen-bond acceptors (Lipinski definition) is 4. The quantitative estimate of drug-likeness (QED) is 0.649. The summed E-state index contributed by atoms with van der Waals surface area (Å²) in [5.74, 6) is 0.271. The first-order valence-corrected chi connectivity index (χ1v) is 7.70. The van der Waals surface area contributed by atoms with Crippen LogP contribution in [0.3, 0.4) is 0 Å². The summed E-state index contributed by atoms with van der Waals surface area (Å²) in [7, 11) is -2.91. The van der Waals surface area contributed by atoms with Gasteiger partial charge in [-0.25, -0.2) is 8.42 Å². The first-order valence-electron chi connectivity index (χ1n) is 5.88. The van der Waals surface area contributed by atoms with Crippen LogP contribution in [0.4, 0.5) is 0 Å². The van der Waals surface area contributed by atoms with Gasteiger partial charge in [-0.3, -0.25) is 4.79 Å². The topological polar surface area (TPSA) is 75.3 Å². The number of amides is 1. The highest BCUT2D eigenvalue weighted by atomic mass is 32.2. The maximum Gasteiger partial charge on any atom is 0.221 e. The van der Waals surface area contributed by atoms with Crippen LogP contribution in [-0.4, -0.2) is 44.5 Å². The van der Waals surface area contributed by atoms with E-state index in [9.17, 15) is 13.2 Å². The molecule has 0 aliphatic carbocycles. The predicted octanol–water partition coefficient (Wildman–Crippen LogP) is 0.316. The highest BCUT2D eigenvalue weighted by Gasteiger charge is 2.13. The minimum absolute atomic E-state index is 0.0247. The van der Waals surface area contributed by atoms with E-state index in [1.54, 1.807) is 6.92 Å². The summed E-state index contributed by atoms with van der Waals surface area (Å²) in [5, 5.41) is 5.79. The molecule has 0 aromatic rings. The van der Waals surface area contributed by atoms with Crippen molar-refractivity contribution < 1.29 is 13.2 Å². The fraction of sp³-hybridized carbons (Fsp3) is 0.909. The Balaban J connectivity index is 3.63. The van der Waals surface area contributed by atoms with E-state index < -0.39 is 9.84 Å². The third-order valence-corrected chi connectivity index (χ3v) is 3.78. The van der Waals surface area contributed by atoms with Gasteiger partial charge in [-0.05, 0) is 20.8 Å². The van der Waals surface area contributed by atoms with Crippen LogP contribution in [0.5, 0.6) is 0 Å². The molecule has 0 aromatic carbocycles. The Hall–Kier alpha value is -0.620. The molecular formula is C11H24N2O3S. The van der Waals surface area contributed by atoms with Crippen molar-refractivity contribution in [2.24, 2.45) is 0 Å².